The molecule has 0 aliphatic carbocycles. The zero-order valence-electron chi connectivity index (χ0n) is 13.6. The van der Waals surface area contributed by atoms with Gasteiger partial charge in [-0.3, -0.25) is 9.59 Å². The fraction of sp³-hybridized carbons (Fsp3) is 0.500. The van der Waals surface area contributed by atoms with Crippen molar-refractivity contribution in [2.75, 3.05) is 7.11 Å². The topological polar surface area (TPSA) is 72.9 Å². The van der Waals surface area contributed by atoms with Crippen LogP contribution in [0.15, 0.2) is 30.3 Å². The van der Waals surface area contributed by atoms with Crippen LogP contribution in [0.1, 0.15) is 31.2 Å². The highest BCUT2D eigenvalue weighted by Gasteiger charge is 2.46. The summed E-state index contributed by atoms with van der Waals surface area (Å²) >= 11 is 0. The minimum atomic E-state index is -0.412. The molecule has 1 aromatic carbocycles. The number of carbonyl (C=O) groups excluding carboxylic acids is 3. The van der Waals surface area contributed by atoms with Crippen LogP contribution >= 0.6 is 0 Å². The van der Waals surface area contributed by atoms with Gasteiger partial charge in [-0.1, -0.05) is 30.3 Å². The van der Waals surface area contributed by atoms with E-state index in [0.717, 1.165) is 5.56 Å². The smallest absolute Gasteiger partial charge is 0.410 e. The van der Waals surface area contributed by atoms with Gasteiger partial charge in [0.2, 0.25) is 0 Å². The van der Waals surface area contributed by atoms with Gasteiger partial charge >= 0.3 is 12.1 Å². The standard InChI is InChI=1S/C18H21NO5/c1-23-17(21)13-7-14-9-16(20)10-15(8-13)19(14)18(22)24-11-12-5-3-2-4-6-12/h2-6,13-15H,7-11H2,1H3/t13?,14-,15+. The molecule has 0 radical (unpaired) electrons. The number of ether oxygens (including phenoxy) is 2. The monoisotopic (exact) mass is 331 g/mol. The first-order valence-corrected chi connectivity index (χ1v) is 8.17. The van der Waals surface area contributed by atoms with Crippen molar-refractivity contribution in [2.24, 2.45) is 5.92 Å². The van der Waals surface area contributed by atoms with Crippen molar-refractivity contribution in [3.8, 4) is 0 Å². The second kappa shape index (κ2) is 7.03. The molecule has 2 aliphatic rings. The Morgan fingerprint density at radius 3 is 2.33 bits per heavy atom. The fourth-order valence-electron chi connectivity index (χ4n) is 3.70. The lowest BCUT2D eigenvalue weighted by molar-refractivity contribution is -0.151. The molecular weight excluding hydrogens is 310 g/mol. The van der Waals surface area contributed by atoms with Gasteiger partial charge in [0.1, 0.15) is 12.4 Å². The quantitative estimate of drug-likeness (QED) is 0.795. The molecule has 3 rings (SSSR count). The van der Waals surface area contributed by atoms with E-state index < -0.39 is 6.09 Å². The maximum Gasteiger partial charge on any atom is 0.410 e. The van der Waals surface area contributed by atoms with E-state index in [9.17, 15) is 14.4 Å². The molecule has 128 valence electrons. The van der Waals surface area contributed by atoms with E-state index in [1.54, 1.807) is 4.90 Å². The molecule has 2 saturated heterocycles. The van der Waals surface area contributed by atoms with Crippen molar-refractivity contribution in [1.29, 1.82) is 0 Å². The fourth-order valence-corrected chi connectivity index (χ4v) is 3.70. The molecule has 2 heterocycles. The lowest BCUT2D eigenvalue weighted by Crippen LogP contribution is -2.57. The van der Waals surface area contributed by atoms with E-state index in [-0.39, 0.29) is 49.2 Å². The summed E-state index contributed by atoms with van der Waals surface area (Å²) in [6, 6.07) is 8.90. The first-order valence-electron chi connectivity index (χ1n) is 8.17. The maximum absolute atomic E-state index is 12.5. The normalized spacial score (nSPS) is 26.0. The van der Waals surface area contributed by atoms with Gasteiger partial charge in [-0.2, -0.15) is 0 Å². The largest absolute Gasteiger partial charge is 0.469 e. The molecule has 6 nitrogen and oxygen atoms in total. The summed E-state index contributed by atoms with van der Waals surface area (Å²) < 4.78 is 10.2. The van der Waals surface area contributed by atoms with Crippen molar-refractivity contribution in [3.63, 3.8) is 0 Å². The van der Waals surface area contributed by atoms with Crippen molar-refractivity contribution >= 4 is 17.8 Å². The van der Waals surface area contributed by atoms with Crippen LogP contribution in [0.3, 0.4) is 0 Å². The number of hydrogen-bond donors (Lipinski definition) is 0. The molecule has 24 heavy (non-hydrogen) atoms. The Hall–Kier alpha value is -2.37. The number of carbonyl (C=O) groups is 3. The summed E-state index contributed by atoms with van der Waals surface area (Å²) in [4.78, 5) is 37.9. The van der Waals surface area contributed by atoms with E-state index in [1.807, 2.05) is 30.3 Å². The Labute approximate surface area is 140 Å². The second-order valence-corrected chi connectivity index (χ2v) is 6.39. The number of amides is 1. The van der Waals surface area contributed by atoms with E-state index in [4.69, 9.17) is 9.47 Å². The summed E-state index contributed by atoms with van der Waals surface area (Å²) in [5.74, 6) is -0.381. The minimum absolute atomic E-state index is 0.139. The number of nitrogens with zero attached hydrogens (tertiary/aromatic N) is 1. The number of esters is 1. The molecule has 2 fully saturated rings. The van der Waals surface area contributed by atoms with Gasteiger partial charge in [-0.05, 0) is 18.4 Å². The predicted molar refractivity (Wildman–Crippen MR) is 85.0 cm³/mol. The summed E-state index contributed by atoms with van der Waals surface area (Å²) in [6.45, 7) is 0.198. The average Bonchev–Trinajstić information content (AvgIpc) is 2.58. The Morgan fingerprint density at radius 2 is 1.75 bits per heavy atom. The molecule has 6 heteroatoms. The number of rotatable bonds is 3. The molecule has 2 bridgehead atoms. The first kappa shape index (κ1) is 16.5. The van der Waals surface area contributed by atoms with Crippen LogP contribution in [0.4, 0.5) is 4.79 Å². The van der Waals surface area contributed by atoms with E-state index >= 15 is 0 Å². The van der Waals surface area contributed by atoms with Gasteiger partial charge in [0.25, 0.3) is 0 Å². The van der Waals surface area contributed by atoms with Crippen LogP contribution in [0, 0.1) is 5.92 Å². The van der Waals surface area contributed by atoms with Crippen LogP contribution in [0.2, 0.25) is 0 Å². The number of methoxy groups -OCH3 is 1. The average molecular weight is 331 g/mol. The summed E-state index contributed by atoms with van der Waals surface area (Å²) in [5.41, 5.74) is 0.913. The Balaban J connectivity index is 1.67. The molecular formula is C18H21NO5. The zero-order valence-corrected chi connectivity index (χ0v) is 13.6. The lowest BCUT2D eigenvalue weighted by atomic mass is 9.78. The van der Waals surface area contributed by atoms with Crippen LogP contribution in [0.5, 0.6) is 0 Å². The number of Topliss-reactive ketones (excluding diaryl/α,β-unsaturated/α-hetero) is 1. The van der Waals surface area contributed by atoms with Gasteiger partial charge in [0.15, 0.2) is 0 Å². The number of piperidine rings is 2. The van der Waals surface area contributed by atoms with Gasteiger partial charge in [0.05, 0.1) is 13.0 Å². The second-order valence-electron chi connectivity index (χ2n) is 6.39. The maximum atomic E-state index is 12.5. The highest BCUT2D eigenvalue weighted by molar-refractivity contribution is 5.84. The molecule has 0 saturated carbocycles. The van der Waals surface area contributed by atoms with Gasteiger partial charge < -0.3 is 14.4 Å². The number of benzene rings is 1. The van der Waals surface area contributed by atoms with Crippen LogP contribution in [0.25, 0.3) is 0 Å². The number of fused-ring (bicyclic) bond motifs is 2. The Kier molecular flexibility index (Phi) is 4.83. The molecule has 0 aromatic heterocycles. The van der Waals surface area contributed by atoms with Crippen molar-refractivity contribution in [3.05, 3.63) is 35.9 Å². The van der Waals surface area contributed by atoms with Crippen LogP contribution < -0.4 is 0 Å². The zero-order chi connectivity index (χ0) is 17.1. The number of hydrogen-bond acceptors (Lipinski definition) is 5. The lowest BCUT2D eigenvalue weighted by Gasteiger charge is -2.46. The third kappa shape index (κ3) is 3.42. The molecule has 1 aromatic rings. The molecule has 2 aliphatic heterocycles. The van der Waals surface area contributed by atoms with Gasteiger partial charge in [0, 0.05) is 24.9 Å². The number of ketones is 1. The van der Waals surface area contributed by atoms with E-state index in [1.165, 1.54) is 7.11 Å². The highest BCUT2D eigenvalue weighted by atomic mass is 16.6. The Morgan fingerprint density at radius 1 is 1.12 bits per heavy atom. The van der Waals surface area contributed by atoms with Gasteiger partial charge in [-0.25, -0.2) is 4.79 Å². The molecule has 3 atom stereocenters. The van der Waals surface area contributed by atoms with Crippen molar-refractivity contribution in [1.82, 2.24) is 4.90 Å². The summed E-state index contributed by atoms with van der Waals surface area (Å²) in [7, 11) is 1.36. The van der Waals surface area contributed by atoms with E-state index in [2.05, 4.69) is 0 Å². The predicted octanol–water partition coefficient (Wildman–Crippen LogP) is 2.31. The van der Waals surface area contributed by atoms with Crippen LogP contribution in [-0.2, 0) is 25.7 Å². The molecule has 0 N–H and O–H groups in total. The van der Waals surface area contributed by atoms with Crippen LogP contribution in [-0.4, -0.2) is 41.9 Å². The molecule has 1 amide bonds. The highest BCUT2D eigenvalue weighted by Crippen LogP contribution is 2.36. The summed E-state index contributed by atoms with van der Waals surface area (Å²) in [5, 5.41) is 0. The molecule has 1 unspecified atom stereocenters. The van der Waals surface area contributed by atoms with E-state index in [0.29, 0.717) is 12.8 Å². The van der Waals surface area contributed by atoms with Crippen molar-refractivity contribution < 1.29 is 23.9 Å². The van der Waals surface area contributed by atoms with Crippen molar-refractivity contribution in [2.45, 2.75) is 44.4 Å². The third-order valence-corrected chi connectivity index (χ3v) is 4.78. The SMILES string of the molecule is COC(=O)C1C[C@H]2CC(=O)C[C@@H](C1)N2C(=O)OCc1ccccc1. The molecule has 0 spiro atoms. The first-order chi connectivity index (χ1) is 11.6. The summed E-state index contributed by atoms with van der Waals surface area (Å²) in [6.07, 6.45) is 1.06. The third-order valence-electron chi connectivity index (χ3n) is 4.78. The Bertz CT molecular complexity index is 612. The van der Waals surface area contributed by atoms with Gasteiger partial charge in [-0.15, -0.1) is 0 Å². The minimum Gasteiger partial charge on any atom is -0.469 e.